The van der Waals surface area contributed by atoms with Gasteiger partial charge in [-0.2, -0.15) is 0 Å². The molecule has 22 heavy (non-hydrogen) atoms. The summed E-state index contributed by atoms with van der Waals surface area (Å²) in [6.45, 7) is 12.8. The van der Waals surface area contributed by atoms with Crippen LogP contribution in [0, 0.1) is 5.92 Å². The molecule has 6 heteroatoms. The molecule has 0 unspecified atom stereocenters. The van der Waals surface area contributed by atoms with Crippen LogP contribution >= 0.6 is 0 Å². The SMILES string of the molecule is CC(C)NCCOCCOCCOCCOCC(=O)C(C)C.[HH]. The summed E-state index contributed by atoms with van der Waals surface area (Å²) < 4.78 is 21.3. The van der Waals surface area contributed by atoms with Crippen molar-refractivity contribution in [3.8, 4) is 0 Å². The van der Waals surface area contributed by atoms with Crippen molar-refractivity contribution in [1.29, 1.82) is 0 Å². The van der Waals surface area contributed by atoms with E-state index in [4.69, 9.17) is 18.9 Å². The summed E-state index contributed by atoms with van der Waals surface area (Å²) in [5.74, 6) is 0.143. The third-order valence-electron chi connectivity index (χ3n) is 2.80. The van der Waals surface area contributed by atoms with Crippen LogP contribution in [-0.4, -0.2) is 71.2 Å². The van der Waals surface area contributed by atoms with Crippen molar-refractivity contribution >= 4 is 5.78 Å². The van der Waals surface area contributed by atoms with E-state index in [2.05, 4.69) is 19.2 Å². The van der Waals surface area contributed by atoms with Crippen molar-refractivity contribution in [3.05, 3.63) is 0 Å². The van der Waals surface area contributed by atoms with Crippen LogP contribution in [0.2, 0.25) is 0 Å². The lowest BCUT2D eigenvalue weighted by molar-refractivity contribution is -0.127. The molecule has 0 aliphatic heterocycles. The Morgan fingerprint density at radius 3 is 1.73 bits per heavy atom. The summed E-state index contributed by atoms with van der Waals surface area (Å²) >= 11 is 0. The molecule has 6 nitrogen and oxygen atoms in total. The first-order valence-electron chi connectivity index (χ1n) is 8.11. The molecule has 1 N–H and O–H groups in total. The third-order valence-corrected chi connectivity index (χ3v) is 2.80. The summed E-state index contributed by atoms with van der Waals surface area (Å²) in [5, 5.41) is 3.28. The van der Waals surface area contributed by atoms with E-state index >= 15 is 0 Å². The van der Waals surface area contributed by atoms with Gasteiger partial charge in [-0.3, -0.25) is 4.79 Å². The molecule has 0 aromatic rings. The Bertz CT molecular complexity index is 265. The minimum absolute atomic E-state index is 0. The molecule has 0 amide bonds. The van der Waals surface area contributed by atoms with Gasteiger partial charge in [-0.25, -0.2) is 0 Å². The summed E-state index contributed by atoms with van der Waals surface area (Å²) in [7, 11) is 0. The Morgan fingerprint density at radius 2 is 1.27 bits per heavy atom. The number of ether oxygens (including phenoxy) is 4. The van der Waals surface area contributed by atoms with E-state index in [1.165, 1.54) is 0 Å². The van der Waals surface area contributed by atoms with Crippen LogP contribution in [0.3, 0.4) is 0 Å². The van der Waals surface area contributed by atoms with E-state index < -0.39 is 0 Å². The van der Waals surface area contributed by atoms with Gasteiger partial charge in [0.25, 0.3) is 0 Å². The lowest BCUT2D eigenvalue weighted by atomic mass is 10.1. The summed E-state index contributed by atoms with van der Waals surface area (Å²) in [5.41, 5.74) is 0. The minimum Gasteiger partial charge on any atom is -0.378 e. The molecule has 0 heterocycles. The molecule has 0 aliphatic carbocycles. The second kappa shape index (κ2) is 15.4. The lowest BCUT2D eigenvalue weighted by Gasteiger charge is -2.09. The van der Waals surface area contributed by atoms with Gasteiger partial charge in [-0.1, -0.05) is 27.7 Å². The molecule has 0 aromatic carbocycles. The molecular weight excluding hydrogens is 286 g/mol. The number of hydrogen-bond acceptors (Lipinski definition) is 6. The van der Waals surface area contributed by atoms with Gasteiger partial charge >= 0.3 is 0 Å². The normalized spacial score (nSPS) is 11.5. The van der Waals surface area contributed by atoms with Gasteiger partial charge in [-0.15, -0.1) is 0 Å². The van der Waals surface area contributed by atoms with Crippen molar-refractivity contribution in [2.24, 2.45) is 5.92 Å². The van der Waals surface area contributed by atoms with Crippen LogP contribution in [0.5, 0.6) is 0 Å². The molecular formula is C16H35NO5. The zero-order valence-electron chi connectivity index (χ0n) is 14.6. The molecule has 0 rings (SSSR count). The summed E-state index contributed by atoms with van der Waals surface area (Å²) in [6.07, 6.45) is 0. The third kappa shape index (κ3) is 15.9. The molecule has 0 fully saturated rings. The first-order chi connectivity index (χ1) is 10.5. The zero-order chi connectivity index (χ0) is 16.6. The number of Topliss-reactive ketones (excluding diaryl/α,β-unsaturated/α-hetero) is 1. The van der Waals surface area contributed by atoms with Gasteiger partial charge in [0.15, 0.2) is 5.78 Å². The van der Waals surface area contributed by atoms with Crippen molar-refractivity contribution in [1.82, 2.24) is 5.32 Å². The number of carbonyl (C=O) groups excluding carboxylic acids is 1. The van der Waals surface area contributed by atoms with Crippen molar-refractivity contribution in [2.75, 3.05) is 59.4 Å². The second-order valence-corrected chi connectivity index (χ2v) is 5.62. The van der Waals surface area contributed by atoms with E-state index in [-0.39, 0.29) is 19.7 Å². The standard InChI is InChI=1S/C16H33NO5.H2/c1-14(2)16(18)13-22-12-11-21-10-9-20-8-7-19-6-5-17-15(3)4;/h14-15,17H,5-13H2,1-4H3;1H. The molecule has 0 spiro atoms. The maximum Gasteiger partial charge on any atom is 0.160 e. The van der Waals surface area contributed by atoms with Crippen LogP contribution in [0.15, 0.2) is 0 Å². The molecule has 0 aromatic heterocycles. The average molecular weight is 321 g/mol. The van der Waals surface area contributed by atoms with E-state index in [0.717, 1.165) is 6.54 Å². The smallest absolute Gasteiger partial charge is 0.160 e. The van der Waals surface area contributed by atoms with Gasteiger partial charge in [0, 0.05) is 19.9 Å². The minimum atomic E-state index is 0. The highest BCUT2D eigenvalue weighted by molar-refractivity contribution is 5.81. The molecule has 0 atom stereocenters. The molecule has 0 radical (unpaired) electrons. The molecule has 0 bridgehead atoms. The number of carbonyl (C=O) groups is 1. The molecule has 0 saturated carbocycles. The fraction of sp³-hybridized carbons (Fsp3) is 0.938. The maximum absolute atomic E-state index is 11.3. The molecule has 0 aliphatic rings. The van der Waals surface area contributed by atoms with E-state index in [0.29, 0.717) is 52.3 Å². The monoisotopic (exact) mass is 321 g/mol. The van der Waals surface area contributed by atoms with Crippen molar-refractivity contribution in [3.63, 3.8) is 0 Å². The fourth-order valence-corrected chi connectivity index (χ4v) is 1.42. The van der Waals surface area contributed by atoms with Gasteiger partial charge in [0.2, 0.25) is 0 Å². The number of hydrogen-bond donors (Lipinski definition) is 1. The highest BCUT2D eigenvalue weighted by Crippen LogP contribution is 1.94. The van der Waals surface area contributed by atoms with Gasteiger partial charge in [0.1, 0.15) is 6.61 Å². The quantitative estimate of drug-likeness (QED) is 0.435. The van der Waals surface area contributed by atoms with Crippen LogP contribution in [-0.2, 0) is 23.7 Å². The Morgan fingerprint density at radius 1 is 0.818 bits per heavy atom. The van der Waals surface area contributed by atoms with E-state index in [1.807, 2.05) is 13.8 Å². The first kappa shape index (κ1) is 21.5. The number of rotatable bonds is 16. The van der Waals surface area contributed by atoms with E-state index in [1.54, 1.807) is 0 Å². The Hall–Kier alpha value is -0.530. The maximum atomic E-state index is 11.3. The fourth-order valence-electron chi connectivity index (χ4n) is 1.42. The van der Waals surface area contributed by atoms with E-state index in [9.17, 15) is 4.79 Å². The topological polar surface area (TPSA) is 66.0 Å². The summed E-state index contributed by atoms with van der Waals surface area (Å²) in [4.78, 5) is 11.3. The Balaban J connectivity index is 0. The predicted molar refractivity (Wildman–Crippen MR) is 88.4 cm³/mol. The average Bonchev–Trinajstić information content (AvgIpc) is 2.46. The molecule has 134 valence electrons. The van der Waals surface area contributed by atoms with Crippen LogP contribution in [0.1, 0.15) is 29.1 Å². The van der Waals surface area contributed by atoms with Crippen LogP contribution in [0.25, 0.3) is 0 Å². The van der Waals surface area contributed by atoms with Gasteiger partial charge in [0.05, 0.1) is 46.2 Å². The Labute approximate surface area is 136 Å². The van der Waals surface area contributed by atoms with Crippen molar-refractivity contribution < 1.29 is 25.2 Å². The highest BCUT2D eigenvalue weighted by atomic mass is 16.6. The van der Waals surface area contributed by atoms with Gasteiger partial charge < -0.3 is 24.3 Å². The number of ketones is 1. The second-order valence-electron chi connectivity index (χ2n) is 5.62. The Kier molecular flexibility index (Phi) is 15.0. The molecule has 0 saturated heterocycles. The van der Waals surface area contributed by atoms with Crippen molar-refractivity contribution in [2.45, 2.75) is 33.7 Å². The first-order valence-corrected chi connectivity index (χ1v) is 8.11. The summed E-state index contributed by atoms with van der Waals surface area (Å²) in [6, 6.07) is 0.490. The zero-order valence-corrected chi connectivity index (χ0v) is 14.6. The predicted octanol–water partition coefficient (Wildman–Crippen LogP) is 1.52. The lowest BCUT2D eigenvalue weighted by Crippen LogP contribution is -2.27. The number of nitrogens with one attached hydrogen (secondary N) is 1. The van der Waals surface area contributed by atoms with Crippen LogP contribution < -0.4 is 5.32 Å². The van der Waals surface area contributed by atoms with Crippen LogP contribution in [0.4, 0.5) is 0 Å². The highest BCUT2D eigenvalue weighted by Gasteiger charge is 2.06. The largest absolute Gasteiger partial charge is 0.378 e. The van der Waals surface area contributed by atoms with Gasteiger partial charge in [-0.05, 0) is 0 Å².